The number of methoxy groups -OCH3 is 1. The smallest absolute Gasteiger partial charge is 0.0476 e. The third-order valence-corrected chi connectivity index (χ3v) is 2.96. The van der Waals surface area contributed by atoms with Gasteiger partial charge in [0.05, 0.1) is 0 Å². The van der Waals surface area contributed by atoms with E-state index in [1.165, 1.54) is 32.1 Å². The van der Waals surface area contributed by atoms with Gasteiger partial charge in [-0.2, -0.15) is 0 Å². The number of ether oxygens (including phenoxy) is 1. The lowest BCUT2D eigenvalue weighted by Gasteiger charge is -2.12. The van der Waals surface area contributed by atoms with Crippen molar-refractivity contribution in [2.45, 2.75) is 65.3 Å². The summed E-state index contributed by atoms with van der Waals surface area (Å²) in [6.45, 7) is 8.87. The van der Waals surface area contributed by atoms with Gasteiger partial charge in [0.1, 0.15) is 0 Å². The standard InChI is InChI=1S/C14H31NO/c1-13(2)9-7-5-6-8-11-15-14(3)10-12-16-4/h13-15H,5-12H2,1-4H3. The minimum Gasteiger partial charge on any atom is -0.385 e. The zero-order valence-corrected chi connectivity index (χ0v) is 11.7. The topological polar surface area (TPSA) is 21.3 Å². The zero-order valence-electron chi connectivity index (χ0n) is 11.7. The van der Waals surface area contributed by atoms with Gasteiger partial charge in [-0.1, -0.05) is 39.5 Å². The van der Waals surface area contributed by atoms with Crippen LogP contribution >= 0.6 is 0 Å². The molecule has 0 aromatic carbocycles. The largest absolute Gasteiger partial charge is 0.385 e. The molecule has 2 nitrogen and oxygen atoms in total. The fraction of sp³-hybridized carbons (Fsp3) is 1.00. The second kappa shape index (κ2) is 11.4. The van der Waals surface area contributed by atoms with E-state index in [0.717, 1.165) is 25.5 Å². The summed E-state index contributed by atoms with van der Waals surface area (Å²) >= 11 is 0. The molecule has 2 heteroatoms. The van der Waals surface area contributed by atoms with Crippen molar-refractivity contribution < 1.29 is 4.74 Å². The summed E-state index contributed by atoms with van der Waals surface area (Å²) in [5.41, 5.74) is 0. The van der Waals surface area contributed by atoms with E-state index < -0.39 is 0 Å². The number of hydrogen-bond acceptors (Lipinski definition) is 2. The van der Waals surface area contributed by atoms with Crippen LogP contribution in [0.5, 0.6) is 0 Å². The van der Waals surface area contributed by atoms with Crippen molar-refractivity contribution in [3.63, 3.8) is 0 Å². The van der Waals surface area contributed by atoms with E-state index in [1.807, 2.05) is 0 Å². The van der Waals surface area contributed by atoms with Crippen LogP contribution in [0.25, 0.3) is 0 Å². The predicted octanol–water partition coefficient (Wildman–Crippen LogP) is 3.61. The predicted molar refractivity (Wildman–Crippen MR) is 71.9 cm³/mol. The van der Waals surface area contributed by atoms with E-state index in [1.54, 1.807) is 7.11 Å². The molecule has 0 rings (SSSR count). The first kappa shape index (κ1) is 15.9. The highest BCUT2D eigenvalue weighted by Gasteiger charge is 1.99. The molecule has 1 N–H and O–H groups in total. The summed E-state index contributed by atoms with van der Waals surface area (Å²) in [6, 6.07) is 0.593. The van der Waals surface area contributed by atoms with Gasteiger partial charge >= 0.3 is 0 Å². The first-order valence-corrected chi connectivity index (χ1v) is 6.89. The Bertz CT molecular complexity index is 137. The first-order chi connectivity index (χ1) is 7.66. The summed E-state index contributed by atoms with van der Waals surface area (Å²) in [5.74, 6) is 0.868. The monoisotopic (exact) mass is 229 g/mol. The molecule has 0 aliphatic carbocycles. The molecule has 0 bridgehead atoms. The Morgan fingerprint density at radius 3 is 2.25 bits per heavy atom. The molecule has 0 radical (unpaired) electrons. The van der Waals surface area contributed by atoms with Gasteiger partial charge in [0.25, 0.3) is 0 Å². The molecule has 0 aromatic rings. The van der Waals surface area contributed by atoms with Gasteiger partial charge in [-0.15, -0.1) is 0 Å². The van der Waals surface area contributed by atoms with Gasteiger partial charge in [-0.05, 0) is 32.2 Å². The highest BCUT2D eigenvalue weighted by Crippen LogP contribution is 2.09. The molecule has 0 aromatic heterocycles. The normalized spacial score (nSPS) is 13.3. The summed E-state index contributed by atoms with van der Waals surface area (Å²) in [5, 5.41) is 3.54. The Kier molecular flexibility index (Phi) is 11.3. The van der Waals surface area contributed by atoms with E-state index in [2.05, 4.69) is 26.1 Å². The Labute approximate surface area is 102 Å². The minimum absolute atomic E-state index is 0.593. The third-order valence-electron chi connectivity index (χ3n) is 2.96. The van der Waals surface area contributed by atoms with Crippen molar-refractivity contribution in [1.29, 1.82) is 0 Å². The average Bonchev–Trinajstić information content (AvgIpc) is 2.24. The molecule has 1 unspecified atom stereocenters. The van der Waals surface area contributed by atoms with Gasteiger partial charge in [-0.25, -0.2) is 0 Å². The molecule has 0 heterocycles. The van der Waals surface area contributed by atoms with Crippen LogP contribution in [0, 0.1) is 5.92 Å². The van der Waals surface area contributed by atoms with Crippen molar-refractivity contribution in [1.82, 2.24) is 5.32 Å². The van der Waals surface area contributed by atoms with E-state index in [9.17, 15) is 0 Å². The number of rotatable bonds is 11. The van der Waals surface area contributed by atoms with Crippen molar-refractivity contribution in [3.8, 4) is 0 Å². The Morgan fingerprint density at radius 1 is 0.938 bits per heavy atom. The maximum absolute atomic E-state index is 5.05. The lowest BCUT2D eigenvalue weighted by molar-refractivity contribution is 0.185. The fourth-order valence-electron chi connectivity index (χ4n) is 1.78. The molecule has 0 amide bonds. The summed E-state index contributed by atoms with van der Waals surface area (Å²) < 4.78 is 5.05. The van der Waals surface area contributed by atoms with Gasteiger partial charge in [-0.3, -0.25) is 0 Å². The lowest BCUT2D eigenvalue weighted by Crippen LogP contribution is -2.28. The van der Waals surface area contributed by atoms with E-state index in [-0.39, 0.29) is 0 Å². The fourth-order valence-corrected chi connectivity index (χ4v) is 1.78. The van der Waals surface area contributed by atoms with Crippen LogP contribution in [0.2, 0.25) is 0 Å². The maximum atomic E-state index is 5.05. The van der Waals surface area contributed by atoms with Crippen LogP contribution in [0.1, 0.15) is 59.3 Å². The number of hydrogen-bond donors (Lipinski definition) is 1. The molecular weight excluding hydrogens is 198 g/mol. The Balaban J connectivity index is 3.08. The second-order valence-corrected chi connectivity index (χ2v) is 5.23. The molecule has 0 aliphatic rings. The molecule has 0 saturated heterocycles. The van der Waals surface area contributed by atoms with Crippen molar-refractivity contribution in [3.05, 3.63) is 0 Å². The molecule has 0 spiro atoms. The summed E-state index contributed by atoms with van der Waals surface area (Å²) in [7, 11) is 1.77. The van der Waals surface area contributed by atoms with Gasteiger partial charge < -0.3 is 10.1 Å². The molecule has 1 atom stereocenters. The summed E-state index contributed by atoms with van der Waals surface area (Å²) in [6.07, 6.45) is 7.98. The van der Waals surface area contributed by atoms with E-state index in [4.69, 9.17) is 4.74 Å². The highest BCUT2D eigenvalue weighted by atomic mass is 16.5. The van der Waals surface area contributed by atoms with E-state index in [0.29, 0.717) is 6.04 Å². The SMILES string of the molecule is COCCC(C)NCCCCCCC(C)C. The molecular formula is C14H31NO. The first-order valence-electron chi connectivity index (χ1n) is 6.89. The molecule has 16 heavy (non-hydrogen) atoms. The molecule has 0 aliphatic heterocycles. The van der Waals surface area contributed by atoms with Crippen LogP contribution in [0.4, 0.5) is 0 Å². The second-order valence-electron chi connectivity index (χ2n) is 5.23. The van der Waals surface area contributed by atoms with Crippen LogP contribution in [0.3, 0.4) is 0 Å². The lowest BCUT2D eigenvalue weighted by atomic mass is 10.0. The van der Waals surface area contributed by atoms with Gasteiger partial charge in [0, 0.05) is 19.8 Å². The average molecular weight is 229 g/mol. The van der Waals surface area contributed by atoms with Crippen molar-refractivity contribution in [2.75, 3.05) is 20.3 Å². The maximum Gasteiger partial charge on any atom is 0.0476 e. The van der Waals surface area contributed by atoms with Crippen LogP contribution < -0.4 is 5.32 Å². The molecule has 0 saturated carbocycles. The number of unbranched alkanes of at least 4 members (excludes halogenated alkanes) is 3. The van der Waals surface area contributed by atoms with Crippen molar-refractivity contribution >= 4 is 0 Å². The molecule has 0 fully saturated rings. The highest BCUT2D eigenvalue weighted by molar-refractivity contribution is 4.60. The Morgan fingerprint density at radius 2 is 1.62 bits per heavy atom. The van der Waals surface area contributed by atoms with Crippen LogP contribution in [-0.2, 0) is 4.74 Å². The van der Waals surface area contributed by atoms with Gasteiger partial charge in [0.15, 0.2) is 0 Å². The minimum atomic E-state index is 0.593. The van der Waals surface area contributed by atoms with Crippen molar-refractivity contribution in [2.24, 2.45) is 5.92 Å². The third kappa shape index (κ3) is 12.0. The quantitative estimate of drug-likeness (QED) is 0.547. The Hall–Kier alpha value is -0.0800. The molecule has 98 valence electrons. The van der Waals surface area contributed by atoms with Gasteiger partial charge in [0.2, 0.25) is 0 Å². The number of nitrogens with one attached hydrogen (secondary N) is 1. The zero-order chi connectivity index (χ0) is 12.2. The summed E-state index contributed by atoms with van der Waals surface area (Å²) in [4.78, 5) is 0. The van der Waals surface area contributed by atoms with Crippen LogP contribution in [-0.4, -0.2) is 26.3 Å². The van der Waals surface area contributed by atoms with Crippen LogP contribution in [0.15, 0.2) is 0 Å². The van der Waals surface area contributed by atoms with E-state index >= 15 is 0 Å².